The number of pyridine rings is 1. The van der Waals surface area contributed by atoms with Gasteiger partial charge in [-0.2, -0.15) is 5.26 Å². The van der Waals surface area contributed by atoms with Crippen molar-refractivity contribution in [3.05, 3.63) is 80.6 Å². The van der Waals surface area contributed by atoms with Gasteiger partial charge in [0.15, 0.2) is 23.0 Å². The van der Waals surface area contributed by atoms with Gasteiger partial charge in [0.25, 0.3) is 5.56 Å². The highest BCUT2D eigenvalue weighted by Crippen LogP contribution is 2.46. The molecule has 0 radical (unpaired) electrons. The van der Waals surface area contributed by atoms with Crippen LogP contribution in [0.5, 0.6) is 34.5 Å². The summed E-state index contributed by atoms with van der Waals surface area (Å²) in [7, 11) is 7.66. The summed E-state index contributed by atoms with van der Waals surface area (Å²) in [5.74, 6) is 1.83. The van der Waals surface area contributed by atoms with Crippen LogP contribution in [-0.4, -0.2) is 40.1 Å². The zero-order chi connectivity index (χ0) is 28.3. The van der Waals surface area contributed by atoms with Gasteiger partial charge >= 0.3 is 0 Å². The molecule has 0 fully saturated rings. The van der Waals surface area contributed by atoms with Gasteiger partial charge in [-0.25, -0.2) is 0 Å². The van der Waals surface area contributed by atoms with Gasteiger partial charge in [0.05, 0.1) is 47.0 Å². The third-order valence-electron chi connectivity index (χ3n) is 6.78. The summed E-state index contributed by atoms with van der Waals surface area (Å²) in [5.41, 5.74) is 8.53. The van der Waals surface area contributed by atoms with E-state index in [1.165, 1.54) is 21.3 Å². The van der Waals surface area contributed by atoms with Crippen molar-refractivity contribution in [2.24, 2.45) is 5.73 Å². The third kappa shape index (κ3) is 4.91. The number of hydrogen-bond donors (Lipinski definition) is 1. The van der Waals surface area contributed by atoms with Gasteiger partial charge in [0, 0.05) is 18.3 Å². The Bertz CT molecular complexity index is 1510. The Labute approximate surface area is 226 Å². The molecular formula is C29H31N3O7. The average Bonchev–Trinajstić information content (AvgIpc) is 2.95. The molecule has 10 nitrogen and oxygen atoms in total. The molecule has 0 saturated carbocycles. The molecule has 2 aromatic carbocycles. The number of aryl methyl sites for hydroxylation is 2. The molecule has 1 aliphatic rings. The van der Waals surface area contributed by atoms with Crippen LogP contribution in [-0.2, 0) is 13.0 Å². The third-order valence-corrected chi connectivity index (χ3v) is 6.78. The first-order valence-electron chi connectivity index (χ1n) is 12.1. The van der Waals surface area contributed by atoms with Gasteiger partial charge in [0.1, 0.15) is 17.4 Å². The Morgan fingerprint density at radius 3 is 2.13 bits per heavy atom. The number of hydrogen-bond acceptors (Lipinski definition) is 9. The van der Waals surface area contributed by atoms with E-state index < -0.39 is 5.92 Å². The van der Waals surface area contributed by atoms with E-state index in [2.05, 4.69) is 6.07 Å². The lowest BCUT2D eigenvalue weighted by molar-refractivity contribution is 0.323. The molecular weight excluding hydrogens is 502 g/mol. The van der Waals surface area contributed by atoms with Crippen LogP contribution in [0.15, 0.2) is 52.6 Å². The molecule has 0 bridgehead atoms. The van der Waals surface area contributed by atoms with Crippen LogP contribution in [0.25, 0.3) is 0 Å². The number of nitrogens with two attached hydrogens (primary N) is 1. The Morgan fingerprint density at radius 1 is 0.923 bits per heavy atom. The largest absolute Gasteiger partial charge is 0.493 e. The molecule has 0 spiro atoms. The average molecular weight is 534 g/mol. The number of benzene rings is 2. The lowest BCUT2D eigenvalue weighted by Crippen LogP contribution is -2.33. The highest BCUT2D eigenvalue weighted by atomic mass is 16.5. The summed E-state index contributed by atoms with van der Waals surface area (Å²) in [4.78, 5) is 14.0. The maximum atomic E-state index is 14.0. The Kier molecular flexibility index (Phi) is 7.91. The molecule has 2 N–H and O–H groups in total. The molecule has 3 aromatic rings. The molecule has 39 heavy (non-hydrogen) atoms. The second-order valence-electron chi connectivity index (χ2n) is 8.84. The van der Waals surface area contributed by atoms with Crippen LogP contribution in [0.1, 0.15) is 28.3 Å². The van der Waals surface area contributed by atoms with Crippen LogP contribution in [0.4, 0.5) is 0 Å². The van der Waals surface area contributed by atoms with Crippen molar-refractivity contribution in [1.82, 2.24) is 4.57 Å². The summed E-state index contributed by atoms with van der Waals surface area (Å²) in [6.45, 7) is 2.21. The fourth-order valence-corrected chi connectivity index (χ4v) is 4.84. The number of fused-ring (bicyclic) bond motifs is 1. The molecule has 204 valence electrons. The number of nitriles is 1. The molecule has 10 heteroatoms. The number of nitrogens with zero attached hydrogens (tertiary/aromatic N) is 2. The van der Waals surface area contributed by atoms with Crippen molar-refractivity contribution in [2.45, 2.75) is 25.8 Å². The molecule has 0 amide bonds. The summed E-state index contributed by atoms with van der Waals surface area (Å²) < 4.78 is 34.7. The van der Waals surface area contributed by atoms with Gasteiger partial charge in [-0.15, -0.1) is 0 Å². The van der Waals surface area contributed by atoms with Crippen molar-refractivity contribution in [3.63, 3.8) is 0 Å². The highest BCUT2D eigenvalue weighted by Gasteiger charge is 2.35. The first kappa shape index (κ1) is 27.3. The molecule has 1 aliphatic heterocycles. The molecule has 0 saturated heterocycles. The van der Waals surface area contributed by atoms with Crippen molar-refractivity contribution in [2.75, 3.05) is 35.5 Å². The molecule has 1 atom stereocenters. The number of rotatable bonds is 9. The van der Waals surface area contributed by atoms with E-state index in [4.69, 9.17) is 34.2 Å². The molecule has 4 rings (SSSR count). The summed E-state index contributed by atoms with van der Waals surface area (Å²) in [6, 6.07) is 13.0. The minimum atomic E-state index is -0.812. The molecule has 1 aromatic heterocycles. The predicted molar refractivity (Wildman–Crippen MR) is 144 cm³/mol. The monoisotopic (exact) mass is 533 g/mol. The fraction of sp³-hybridized carbons (Fsp3) is 0.310. The van der Waals surface area contributed by atoms with Crippen LogP contribution >= 0.6 is 0 Å². The van der Waals surface area contributed by atoms with E-state index in [0.717, 1.165) is 5.56 Å². The zero-order valence-electron chi connectivity index (χ0n) is 22.8. The van der Waals surface area contributed by atoms with Crippen LogP contribution in [0.2, 0.25) is 0 Å². The van der Waals surface area contributed by atoms with Crippen molar-refractivity contribution < 1.29 is 28.4 Å². The summed E-state index contributed by atoms with van der Waals surface area (Å²) in [6.07, 6.45) is 0.554. The lowest BCUT2D eigenvalue weighted by atomic mass is 9.83. The van der Waals surface area contributed by atoms with E-state index in [0.29, 0.717) is 64.3 Å². The smallest absolute Gasteiger partial charge is 0.258 e. The van der Waals surface area contributed by atoms with Crippen molar-refractivity contribution >= 4 is 0 Å². The van der Waals surface area contributed by atoms with Gasteiger partial charge in [-0.1, -0.05) is 6.07 Å². The Morgan fingerprint density at radius 2 is 1.56 bits per heavy atom. The zero-order valence-corrected chi connectivity index (χ0v) is 22.8. The summed E-state index contributed by atoms with van der Waals surface area (Å²) >= 11 is 0. The molecule has 2 heterocycles. The van der Waals surface area contributed by atoms with E-state index in [1.54, 1.807) is 37.0 Å². The SMILES string of the molecule is COc1ccc(CCn2c(C)cc3c(c2=O)[C@H](c2cc(OC)c(OC)c(OC)c2)C(C#N)=C(N)O3)cc1OC. The Balaban J connectivity index is 1.84. The molecule has 0 aliphatic carbocycles. The van der Waals surface area contributed by atoms with Gasteiger partial charge in [-0.05, 0) is 48.7 Å². The minimum absolute atomic E-state index is 0.0642. The first-order valence-corrected chi connectivity index (χ1v) is 12.1. The van der Waals surface area contributed by atoms with Crippen LogP contribution in [0.3, 0.4) is 0 Å². The topological polar surface area (TPSA) is 127 Å². The van der Waals surface area contributed by atoms with Crippen LogP contribution in [0, 0.1) is 18.3 Å². The highest BCUT2D eigenvalue weighted by molar-refractivity contribution is 5.61. The van der Waals surface area contributed by atoms with Gasteiger partial charge in [0.2, 0.25) is 11.6 Å². The van der Waals surface area contributed by atoms with Crippen molar-refractivity contribution in [1.29, 1.82) is 5.26 Å². The van der Waals surface area contributed by atoms with E-state index in [-0.39, 0.29) is 17.0 Å². The predicted octanol–water partition coefficient (Wildman–Crippen LogP) is 3.66. The number of allylic oxidation sites excluding steroid dienone is 1. The normalized spacial score (nSPS) is 14.1. The second kappa shape index (κ2) is 11.3. The van der Waals surface area contributed by atoms with E-state index in [9.17, 15) is 10.1 Å². The number of methoxy groups -OCH3 is 5. The minimum Gasteiger partial charge on any atom is -0.493 e. The first-order chi connectivity index (χ1) is 18.8. The lowest BCUT2D eigenvalue weighted by Gasteiger charge is -2.28. The van der Waals surface area contributed by atoms with Crippen molar-refractivity contribution in [3.8, 4) is 40.6 Å². The van der Waals surface area contributed by atoms with E-state index in [1.807, 2.05) is 25.1 Å². The van der Waals surface area contributed by atoms with Crippen LogP contribution < -0.4 is 39.7 Å². The summed E-state index contributed by atoms with van der Waals surface area (Å²) in [5, 5.41) is 10.0. The number of aromatic nitrogens is 1. The standard InChI is InChI=1S/C29H31N3O7/c1-16-11-22-26(29(33)32(16)10-9-17-7-8-20(34-2)21(12-17)35-3)25(19(15-30)28(31)39-22)18-13-23(36-4)27(38-6)24(14-18)37-5/h7-8,11-14,25H,9-10,31H2,1-6H3/t25-/m1/s1. The van der Waals surface area contributed by atoms with E-state index >= 15 is 0 Å². The molecule has 0 unspecified atom stereocenters. The quantitative estimate of drug-likeness (QED) is 0.438. The second-order valence-corrected chi connectivity index (χ2v) is 8.84. The van der Waals surface area contributed by atoms with Gasteiger partial charge in [-0.3, -0.25) is 4.79 Å². The Hall–Kier alpha value is -4.78. The maximum Gasteiger partial charge on any atom is 0.258 e. The van der Waals surface area contributed by atoms with Gasteiger partial charge < -0.3 is 38.7 Å². The number of ether oxygens (including phenoxy) is 6. The fourth-order valence-electron chi connectivity index (χ4n) is 4.84. The maximum absolute atomic E-state index is 14.0.